The Bertz CT molecular complexity index is 956. The summed E-state index contributed by atoms with van der Waals surface area (Å²) in [6.07, 6.45) is 3.05. The van der Waals surface area contributed by atoms with Crippen molar-refractivity contribution in [2.24, 2.45) is 0 Å². The Morgan fingerprint density at radius 1 is 0.903 bits per heavy atom. The van der Waals surface area contributed by atoms with E-state index in [2.05, 4.69) is 47.8 Å². The first kappa shape index (κ1) is 22.3. The van der Waals surface area contributed by atoms with Gasteiger partial charge in [-0.25, -0.2) is 4.98 Å². The van der Waals surface area contributed by atoms with Gasteiger partial charge < -0.3 is 14.8 Å². The molecule has 0 aliphatic heterocycles. The number of nitrogens with zero attached hydrogens (tertiary/aromatic N) is 1. The number of benzene rings is 2. The monoisotopic (exact) mass is 418 g/mol. The maximum Gasteiger partial charge on any atom is 0.305 e. The first-order valence-corrected chi connectivity index (χ1v) is 10.8. The summed E-state index contributed by atoms with van der Waals surface area (Å²) in [6, 6.07) is 22.5. The second kappa shape index (κ2) is 11.7. The van der Waals surface area contributed by atoms with Crippen molar-refractivity contribution in [3.05, 3.63) is 66.7 Å². The number of unbranched alkanes of at least 4 members (excludes halogenated alkanes) is 2. The summed E-state index contributed by atoms with van der Waals surface area (Å²) in [4.78, 5) is 16.1. The summed E-state index contributed by atoms with van der Waals surface area (Å²) in [6.45, 7) is 2.82. The molecule has 0 amide bonds. The third-order valence-corrected chi connectivity index (χ3v) is 4.96. The van der Waals surface area contributed by atoms with Gasteiger partial charge in [0.05, 0.1) is 18.9 Å². The fraction of sp³-hybridized carbons (Fsp3) is 0.308. The minimum Gasteiger partial charge on any atom is -0.478 e. The van der Waals surface area contributed by atoms with Crippen molar-refractivity contribution in [1.82, 2.24) is 4.98 Å². The molecule has 0 saturated carbocycles. The standard InChI is InChI=1S/C26H30N2O3/c1-3-30-26(29)12-8-5-9-17-31-25-19-22(20-13-15-23(27-2)16-14-20)18-24(28-25)21-10-6-4-7-11-21/h4,6-7,10-11,13-16,18-19,27H,3,5,8-9,12,17H2,1-2H3. The number of carbonyl (C=O) groups excluding carboxylic acids is 1. The number of anilines is 1. The molecule has 3 aromatic rings. The van der Waals surface area contributed by atoms with Crippen LogP contribution in [0.4, 0.5) is 5.69 Å². The second-order valence-electron chi connectivity index (χ2n) is 7.24. The molecule has 1 N–H and O–H groups in total. The van der Waals surface area contributed by atoms with Gasteiger partial charge in [-0.15, -0.1) is 0 Å². The molecule has 0 bridgehead atoms. The molecule has 5 heteroatoms. The van der Waals surface area contributed by atoms with E-state index < -0.39 is 0 Å². The van der Waals surface area contributed by atoms with Crippen molar-refractivity contribution >= 4 is 11.7 Å². The van der Waals surface area contributed by atoms with Crippen LogP contribution in [0.3, 0.4) is 0 Å². The molecule has 0 radical (unpaired) electrons. The molecule has 2 aromatic carbocycles. The summed E-state index contributed by atoms with van der Waals surface area (Å²) in [5, 5.41) is 3.15. The van der Waals surface area contributed by atoms with Crippen molar-refractivity contribution in [3.8, 4) is 28.3 Å². The number of ether oxygens (including phenoxy) is 2. The molecule has 3 rings (SSSR count). The van der Waals surface area contributed by atoms with E-state index in [0.29, 0.717) is 25.5 Å². The van der Waals surface area contributed by atoms with Gasteiger partial charge in [0, 0.05) is 30.8 Å². The number of aromatic nitrogens is 1. The second-order valence-corrected chi connectivity index (χ2v) is 7.24. The van der Waals surface area contributed by atoms with Gasteiger partial charge in [0.2, 0.25) is 5.88 Å². The minimum absolute atomic E-state index is 0.130. The first-order chi connectivity index (χ1) is 15.2. The molecule has 0 spiro atoms. The lowest BCUT2D eigenvalue weighted by Gasteiger charge is -2.11. The molecule has 0 unspecified atom stereocenters. The van der Waals surface area contributed by atoms with E-state index in [0.717, 1.165) is 47.3 Å². The quantitative estimate of drug-likeness (QED) is 0.307. The number of nitrogens with one attached hydrogen (secondary N) is 1. The molecule has 0 saturated heterocycles. The van der Waals surface area contributed by atoms with E-state index in [-0.39, 0.29) is 5.97 Å². The fourth-order valence-corrected chi connectivity index (χ4v) is 3.29. The third kappa shape index (κ3) is 6.85. The van der Waals surface area contributed by atoms with Crippen LogP contribution >= 0.6 is 0 Å². The number of hydrogen-bond donors (Lipinski definition) is 1. The van der Waals surface area contributed by atoms with Gasteiger partial charge in [0.1, 0.15) is 0 Å². The van der Waals surface area contributed by atoms with Crippen LogP contribution in [0.1, 0.15) is 32.6 Å². The van der Waals surface area contributed by atoms with Crippen LogP contribution in [0.15, 0.2) is 66.7 Å². The van der Waals surface area contributed by atoms with E-state index in [9.17, 15) is 4.79 Å². The number of esters is 1. The summed E-state index contributed by atoms with van der Waals surface area (Å²) in [7, 11) is 1.91. The smallest absolute Gasteiger partial charge is 0.305 e. The zero-order valence-electron chi connectivity index (χ0n) is 18.3. The molecular weight excluding hydrogens is 388 g/mol. The highest BCUT2D eigenvalue weighted by molar-refractivity contribution is 5.73. The predicted molar refractivity (Wildman–Crippen MR) is 125 cm³/mol. The van der Waals surface area contributed by atoms with E-state index >= 15 is 0 Å². The van der Waals surface area contributed by atoms with Gasteiger partial charge in [-0.05, 0) is 55.5 Å². The Kier molecular flexibility index (Phi) is 8.47. The molecule has 5 nitrogen and oxygen atoms in total. The Hall–Kier alpha value is -3.34. The summed E-state index contributed by atoms with van der Waals surface area (Å²) < 4.78 is 10.9. The van der Waals surface area contributed by atoms with Crippen molar-refractivity contribution in [2.75, 3.05) is 25.6 Å². The Morgan fingerprint density at radius 2 is 1.68 bits per heavy atom. The van der Waals surface area contributed by atoms with Gasteiger partial charge >= 0.3 is 5.97 Å². The van der Waals surface area contributed by atoms with Crippen LogP contribution in [0.25, 0.3) is 22.4 Å². The molecule has 0 atom stereocenters. The van der Waals surface area contributed by atoms with Gasteiger partial charge in [0.25, 0.3) is 0 Å². The molecule has 1 heterocycles. The lowest BCUT2D eigenvalue weighted by Crippen LogP contribution is -2.04. The Labute approximate surface area is 184 Å². The van der Waals surface area contributed by atoms with Crippen molar-refractivity contribution in [2.45, 2.75) is 32.6 Å². The molecular formula is C26H30N2O3. The highest BCUT2D eigenvalue weighted by Gasteiger charge is 2.08. The number of carbonyl (C=O) groups is 1. The predicted octanol–water partition coefficient (Wildman–Crippen LogP) is 5.96. The van der Waals surface area contributed by atoms with Crippen LogP contribution in [0.2, 0.25) is 0 Å². The van der Waals surface area contributed by atoms with Crippen LogP contribution in [-0.2, 0) is 9.53 Å². The lowest BCUT2D eigenvalue weighted by molar-refractivity contribution is -0.143. The summed E-state index contributed by atoms with van der Waals surface area (Å²) in [5.41, 5.74) is 5.18. The molecule has 0 fully saturated rings. The van der Waals surface area contributed by atoms with Crippen LogP contribution in [0.5, 0.6) is 5.88 Å². The lowest BCUT2D eigenvalue weighted by atomic mass is 10.0. The first-order valence-electron chi connectivity index (χ1n) is 10.8. The molecule has 0 aliphatic rings. The van der Waals surface area contributed by atoms with Crippen molar-refractivity contribution < 1.29 is 14.3 Å². The average Bonchev–Trinajstić information content (AvgIpc) is 2.82. The highest BCUT2D eigenvalue weighted by Crippen LogP contribution is 2.29. The van der Waals surface area contributed by atoms with Crippen LogP contribution in [-0.4, -0.2) is 31.2 Å². The van der Waals surface area contributed by atoms with Crippen molar-refractivity contribution in [1.29, 1.82) is 0 Å². The van der Waals surface area contributed by atoms with E-state index in [4.69, 9.17) is 14.5 Å². The summed E-state index contributed by atoms with van der Waals surface area (Å²) >= 11 is 0. The van der Waals surface area contributed by atoms with E-state index in [1.54, 1.807) is 0 Å². The fourth-order valence-electron chi connectivity index (χ4n) is 3.29. The minimum atomic E-state index is -0.130. The average molecular weight is 419 g/mol. The zero-order valence-corrected chi connectivity index (χ0v) is 18.3. The third-order valence-electron chi connectivity index (χ3n) is 4.96. The van der Waals surface area contributed by atoms with E-state index in [1.165, 1.54) is 0 Å². The maximum absolute atomic E-state index is 11.4. The van der Waals surface area contributed by atoms with Gasteiger partial charge in [-0.1, -0.05) is 42.5 Å². The molecule has 162 valence electrons. The van der Waals surface area contributed by atoms with Gasteiger partial charge in [0.15, 0.2) is 0 Å². The Morgan fingerprint density at radius 3 is 2.39 bits per heavy atom. The molecule has 31 heavy (non-hydrogen) atoms. The number of rotatable bonds is 11. The topological polar surface area (TPSA) is 60.5 Å². The van der Waals surface area contributed by atoms with Gasteiger partial charge in [-0.2, -0.15) is 0 Å². The summed E-state index contributed by atoms with van der Waals surface area (Å²) in [5.74, 6) is 0.481. The number of hydrogen-bond acceptors (Lipinski definition) is 5. The highest BCUT2D eigenvalue weighted by atomic mass is 16.5. The zero-order chi connectivity index (χ0) is 21.9. The maximum atomic E-state index is 11.4. The molecule has 0 aliphatic carbocycles. The van der Waals surface area contributed by atoms with Crippen LogP contribution in [0, 0.1) is 0 Å². The Balaban J connectivity index is 1.69. The normalized spacial score (nSPS) is 10.5. The SMILES string of the molecule is CCOC(=O)CCCCCOc1cc(-c2ccc(NC)cc2)cc(-c2ccccc2)n1. The van der Waals surface area contributed by atoms with Crippen LogP contribution < -0.4 is 10.1 Å². The molecule has 1 aromatic heterocycles. The largest absolute Gasteiger partial charge is 0.478 e. The van der Waals surface area contributed by atoms with Gasteiger partial charge in [-0.3, -0.25) is 4.79 Å². The van der Waals surface area contributed by atoms with Crippen molar-refractivity contribution in [3.63, 3.8) is 0 Å². The van der Waals surface area contributed by atoms with E-state index in [1.807, 2.05) is 38.2 Å². The number of pyridine rings is 1.